The van der Waals surface area contributed by atoms with Crippen molar-refractivity contribution in [3.63, 3.8) is 0 Å². The van der Waals surface area contributed by atoms with Gasteiger partial charge in [-0.25, -0.2) is 9.37 Å². The van der Waals surface area contributed by atoms with Crippen LogP contribution in [0.4, 0.5) is 16.0 Å². The van der Waals surface area contributed by atoms with Crippen molar-refractivity contribution in [3.8, 4) is 0 Å². The molecule has 4 nitrogen and oxygen atoms in total. The van der Waals surface area contributed by atoms with E-state index in [9.17, 15) is 9.18 Å². The fourth-order valence-corrected chi connectivity index (χ4v) is 1.14. The summed E-state index contributed by atoms with van der Waals surface area (Å²) in [6.07, 6.45) is 1.38. The summed E-state index contributed by atoms with van der Waals surface area (Å²) >= 11 is 0. The van der Waals surface area contributed by atoms with Crippen LogP contribution in [0.3, 0.4) is 0 Å². The van der Waals surface area contributed by atoms with Gasteiger partial charge in [-0.2, -0.15) is 0 Å². The monoisotopic (exact) mass is 205 g/mol. The number of aromatic amines is 1. The van der Waals surface area contributed by atoms with E-state index < -0.39 is 0 Å². The maximum atomic E-state index is 12.8. The standard InChI is InChI=1S/C10H8FN3O/c11-7-2-1-3-8(6-7)13-10-12-5-4-9(15)14-10/h1-6H,(H2,12,13,14,15). The van der Waals surface area contributed by atoms with E-state index in [4.69, 9.17) is 0 Å². The Morgan fingerprint density at radius 1 is 1.33 bits per heavy atom. The van der Waals surface area contributed by atoms with Crippen LogP contribution in [0.1, 0.15) is 0 Å². The summed E-state index contributed by atoms with van der Waals surface area (Å²) in [5.74, 6) is -0.0635. The van der Waals surface area contributed by atoms with E-state index in [-0.39, 0.29) is 17.3 Å². The lowest BCUT2D eigenvalue weighted by atomic mass is 10.3. The summed E-state index contributed by atoms with van der Waals surface area (Å²) < 4.78 is 12.8. The highest BCUT2D eigenvalue weighted by Crippen LogP contribution is 2.12. The Morgan fingerprint density at radius 3 is 2.93 bits per heavy atom. The number of hydrogen-bond acceptors (Lipinski definition) is 3. The first-order valence-corrected chi connectivity index (χ1v) is 4.32. The minimum absolute atomic E-state index is 0.260. The Bertz CT molecular complexity index is 524. The second kappa shape index (κ2) is 3.91. The first-order valence-electron chi connectivity index (χ1n) is 4.32. The van der Waals surface area contributed by atoms with Crippen molar-refractivity contribution in [1.29, 1.82) is 0 Å². The number of nitrogens with one attached hydrogen (secondary N) is 2. The molecule has 0 spiro atoms. The van der Waals surface area contributed by atoms with Gasteiger partial charge in [0, 0.05) is 18.0 Å². The third-order valence-electron chi connectivity index (χ3n) is 1.76. The van der Waals surface area contributed by atoms with Crippen LogP contribution >= 0.6 is 0 Å². The molecule has 0 saturated carbocycles. The molecule has 0 radical (unpaired) electrons. The number of rotatable bonds is 2. The summed E-state index contributed by atoms with van der Waals surface area (Å²) in [6.45, 7) is 0. The van der Waals surface area contributed by atoms with Crippen molar-refractivity contribution < 1.29 is 4.39 Å². The van der Waals surface area contributed by atoms with E-state index in [1.165, 1.54) is 24.4 Å². The van der Waals surface area contributed by atoms with Gasteiger partial charge in [-0.05, 0) is 18.2 Å². The van der Waals surface area contributed by atoms with E-state index >= 15 is 0 Å². The zero-order valence-electron chi connectivity index (χ0n) is 7.70. The molecule has 0 saturated heterocycles. The minimum atomic E-state index is -0.349. The average molecular weight is 205 g/mol. The number of benzene rings is 1. The molecule has 0 unspecified atom stereocenters. The zero-order valence-corrected chi connectivity index (χ0v) is 7.70. The SMILES string of the molecule is O=c1ccnc(Nc2cccc(F)c2)[nH]1. The molecule has 0 fully saturated rings. The van der Waals surface area contributed by atoms with E-state index in [1.54, 1.807) is 12.1 Å². The van der Waals surface area contributed by atoms with Crippen molar-refractivity contribution in [3.05, 3.63) is 52.7 Å². The van der Waals surface area contributed by atoms with E-state index in [0.29, 0.717) is 5.69 Å². The molecule has 0 aliphatic rings. The second-order valence-electron chi connectivity index (χ2n) is 2.92. The third kappa shape index (κ3) is 2.40. The lowest BCUT2D eigenvalue weighted by Crippen LogP contribution is -2.08. The van der Waals surface area contributed by atoms with Crippen LogP contribution in [0, 0.1) is 5.82 Å². The highest BCUT2D eigenvalue weighted by Gasteiger charge is 1.97. The summed E-state index contributed by atoms with van der Waals surface area (Å²) in [5, 5.41) is 2.78. The van der Waals surface area contributed by atoms with Gasteiger partial charge in [0.25, 0.3) is 5.56 Å². The van der Waals surface area contributed by atoms with Crippen LogP contribution in [0.5, 0.6) is 0 Å². The number of aromatic nitrogens is 2. The van der Waals surface area contributed by atoms with Gasteiger partial charge in [0.2, 0.25) is 5.95 Å². The topological polar surface area (TPSA) is 57.8 Å². The van der Waals surface area contributed by atoms with Crippen LogP contribution in [-0.2, 0) is 0 Å². The molecule has 5 heteroatoms. The first-order chi connectivity index (χ1) is 7.24. The molecule has 0 aliphatic carbocycles. The number of nitrogens with zero attached hydrogens (tertiary/aromatic N) is 1. The average Bonchev–Trinajstić information content (AvgIpc) is 2.17. The van der Waals surface area contributed by atoms with Gasteiger partial charge in [0.05, 0.1) is 0 Å². The number of anilines is 2. The highest BCUT2D eigenvalue weighted by atomic mass is 19.1. The predicted molar refractivity (Wildman–Crippen MR) is 54.5 cm³/mol. The van der Waals surface area contributed by atoms with Crippen LogP contribution in [0.25, 0.3) is 0 Å². The van der Waals surface area contributed by atoms with Gasteiger partial charge in [-0.1, -0.05) is 6.07 Å². The largest absolute Gasteiger partial charge is 0.326 e. The van der Waals surface area contributed by atoms with Crippen LogP contribution < -0.4 is 10.9 Å². The minimum Gasteiger partial charge on any atom is -0.326 e. The van der Waals surface area contributed by atoms with Crippen molar-refractivity contribution in [2.75, 3.05) is 5.32 Å². The number of hydrogen-bond donors (Lipinski definition) is 2. The van der Waals surface area contributed by atoms with Crippen molar-refractivity contribution >= 4 is 11.6 Å². The normalized spacial score (nSPS) is 9.93. The van der Waals surface area contributed by atoms with Crippen LogP contribution in [0.15, 0.2) is 41.3 Å². The fourth-order valence-electron chi connectivity index (χ4n) is 1.14. The summed E-state index contributed by atoms with van der Waals surface area (Å²) in [5.41, 5.74) is 0.272. The Balaban J connectivity index is 2.26. The second-order valence-corrected chi connectivity index (χ2v) is 2.92. The maximum absolute atomic E-state index is 12.8. The van der Waals surface area contributed by atoms with Crippen LogP contribution in [-0.4, -0.2) is 9.97 Å². The quantitative estimate of drug-likeness (QED) is 0.783. The Hall–Kier alpha value is -2.17. The van der Waals surface area contributed by atoms with Crippen molar-refractivity contribution in [2.45, 2.75) is 0 Å². The molecular formula is C10H8FN3O. The lowest BCUT2D eigenvalue weighted by molar-refractivity contribution is 0.628. The molecule has 2 rings (SSSR count). The van der Waals surface area contributed by atoms with E-state index in [2.05, 4.69) is 15.3 Å². The fraction of sp³-hybridized carbons (Fsp3) is 0. The molecule has 1 aromatic carbocycles. The molecule has 0 amide bonds. The van der Waals surface area contributed by atoms with E-state index in [1.807, 2.05) is 0 Å². The molecule has 0 bridgehead atoms. The zero-order chi connectivity index (χ0) is 10.7. The predicted octanol–water partition coefficient (Wildman–Crippen LogP) is 1.65. The lowest BCUT2D eigenvalue weighted by Gasteiger charge is -2.03. The van der Waals surface area contributed by atoms with Gasteiger partial charge in [-0.3, -0.25) is 9.78 Å². The third-order valence-corrected chi connectivity index (χ3v) is 1.76. The molecule has 2 aromatic rings. The molecule has 1 aromatic heterocycles. The molecule has 2 N–H and O–H groups in total. The number of halogens is 1. The Kier molecular flexibility index (Phi) is 2.45. The van der Waals surface area contributed by atoms with Gasteiger partial charge in [0.1, 0.15) is 5.82 Å². The first kappa shape index (κ1) is 9.39. The van der Waals surface area contributed by atoms with Gasteiger partial charge >= 0.3 is 0 Å². The Labute approximate surface area is 84.8 Å². The highest BCUT2D eigenvalue weighted by molar-refractivity contribution is 5.52. The van der Waals surface area contributed by atoms with Gasteiger partial charge < -0.3 is 5.32 Å². The maximum Gasteiger partial charge on any atom is 0.252 e. The summed E-state index contributed by atoms with van der Waals surface area (Å²) in [7, 11) is 0. The Morgan fingerprint density at radius 2 is 2.20 bits per heavy atom. The van der Waals surface area contributed by atoms with Crippen LogP contribution in [0.2, 0.25) is 0 Å². The van der Waals surface area contributed by atoms with Crippen molar-refractivity contribution in [1.82, 2.24) is 9.97 Å². The molecule has 76 valence electrons. The molecule has 15 heavy (non-hydrogen) atoms. The molecule has 0 aliphatic heterocycles. The molecular weight excluding hydrogens is 197 g/mol. The number of H-pyrrole nitrogens is 1. The van der Waals surface area contributed by atoms with E-state index in [0.717, 1.165) is 0 Å². The smallest absolute Gasteiger partial charge is 0.252 e. The van der Waals surface area contributed by atoms with Gasteiger partial charge in [0.15, 0.2) is 0 Å². The molecule has 1 heterocycles. The summed E-state index contributed by atoms with van der Waals surface area (Å²) in [4.78, 5) is 17.3. The van der Waals surface area contributed by atoms with Crippen molar-refractivity contribution in [2.24, 2.45) is 0 Å². The molecule has 0 atom stereocenters. The van der Waals surface area contributed by atoms with Gasteiger partial charge in [-0.15, -0.1) is 0 Å². The summed E-state index contributed by atoms with van der Waals surface area (Å²) in [6, 6.07) is 7.20.